The van der Waals surface area contributed by atoms with Crippen molar-refractivity contribution in [3.8, 4) is 0 Å². The number of rotatable bonds is 4. The number of nitrogens with zero attached hydrogens (tertiary/aromatic N) is 2. The Labute approximate surface area is 76.7 Å². The zero-order chi connectivity index (χ0) is 9.68. The van der Waals surface area contributed by atoms with Crippen LogP contribution in [0.15, 0.2) is 12.4 Å². The fourth-order valence-electron chi connectivity index (χ4n) is 0.931. The molecule has 0 fully saturated rings. The number of likely N-dealkylation sites (N-methyl/N-ethyl adjacent to an activating group) is 1. The third-order valence-electron chi connectivity index (χ3n) is 1.64. The van der Waals surface area contributed by atoms with Crippen molar-refractivity contribution in [2.75, 3.05) is 20.8 Å². The molecule has 1 N–H and O–H groups in total. The number of hydrogen-bond acceptors (Lipinski definition) is 3. The highest BCUT2D eigenvalue weighted by atomic mass is 16.5. The summed E-state index contributed by atoms with van der Waals surface area (Å²) in [7, 11) is 3.21. The summed E-state index contributed by atoms with van der Waals surface area (Å²) in [5.74, 6) is 0.714. The maximum atomic E-state index is 11.2. The van der Waals surface area contributed by atoms with Gasteiger partial charge in [-0.3, -0.25) is 4.79 Å². The van der Waals surface area contributed by atoms with E-state index in [9.17, 15) is 4.79 Å². The molecule has 72 valence electrons. The molecule has 0 unspecified atom stereocenters. The molecular weight excluding hydrogens is 170 g/mol. The molecule has 0 aliphatic carbocycles. The normalized spacial score (nSPS) is 10.0. The molecule has 1 aromatic rings. The minimum Gasteiger partial charge on any atom is -0.375 e. The molecule has 5 nitrogen and oxygen atoms in total. The number of methoxy groups -OCH3 is 1. The van der Waals surface area contributed by atoms with Crippen molar-refractivity contribution in [3.63, 3.8) is 0 Å². The Bertz CT molecular complexity index is 258. The summed E-state index contributed by atoms with van der Waals surface area (Å²) in [6, 6.07) is 0. The fraction of sp³-hybridized carbons (Fsp3) is 0.500. The molecule has 1 aromatic heterocycles. The number of carbonyl (C=O) groups is 1. The van der Waals surface area contributed by atoms with Gasteiger partial charge in [0.25, 0.3) is 0 Å². The first-order chi connectivity index (χ1) is 6.24. The Hall–Kier alpha value is -1.36. The standard InChI is InChI=1S/C8H13N3O2/c1-11(8(12)6-13-2)5-7-9-3-4-10-7/h3-4H,5-6H2,1-2H3,(H,9,10). The van der Waals surface area contributed by atoms with E-state index in [1.54, 1.807) is 24.3 Å². The van der Waals surface area contributed by atoms with E-state index in [4.69, 9.17) is 4.74 Å². The van der Waals surface area contributed by atoms with Crippen LogP contribution in [0.3, 0.4) is 0 Å². The fourth-order valence-corrected chi connectivity index (χ4v) is 0.931. The van der Waals surface area contributed by atoms with Gasteiger partial charge in [0.05, 0.1) is 6.54 Å². The van der Waals surface area contributed by atoms with Gasteiger partial charge in [0.1, 0.15) is 12.4 Å². The lowest BCUT2D eigenvalue weighted by molar-refractivity contribution is -0.134. The highest BCUT2D eigenvalue weighted by Gasteiger charge is 2.08. The van der Waals surface area contributed by atoms with E-state index in [-0.39, 0.29) is 12.5 Å². The zero-order valence-electron chi connectivity index (χ0n) is 7.78. The van der Waals surface area contributed by atoms with E-state index in [1.165, 1.54) is 7.11 Å². The number of nitrogens with one attached hydrogen (secondary N) is 1. The molecule has 0 aliphatic heterocycles. The maximum Gasteiger partial charge on any atom is 0.248 e. The van der Waals surface area contributed by atoms with E-state index < -0.39 is 0 Å². The van der Waals surface area contributed by atoms with Crippen LogP contribution in [0.5, 0.6) is 0 Å². The second-order valence-electron chi connectivity index (χ2n) is 2.72. The number of imidazole rings is 1. The molecule has 1 heterocycles. The van der Waals surface area contributed by atoms with Crippen molar-refractivity contribution < 1.29 is 9.53 Å². The molecule has 5 heteroatoms. The molecule has 0 spiro atoms. The van der Waals surface area contributed by atoms with Crippen LogP contribution in [0, 0.1) is 0 Å². The van der Waals surface area contributed by atoms with Crippen LogP contribution < -0.4 is 0 Å². The highest BCUT2D eigenvalue weighted by molar-refractivity contribution is 5.76. The summed E-state index contributed by atoms with van der Waals surface area (Å²) >= 11 is 0. The minimum absolute atomic E-state index is 0.0566. The first-order valence-electron chi connectivity index (χ1n) is 3.95. The summed E-state index contributed by atoms with van der Waals surface area (Å²) in [6.07, 6.45) is 3.38. The molecule has 0 aliphatic rings. The van der Waals surface area contributed by atoms with Gasteiger partial charge in [-0.05, 0) is 0 Å². The summed E-state index contributed by atoms with van der Waals surface area (Å²) in [5, 5.41) is 0. The van der Waals surface area contributed by atoms with Crippen molar-refractivity contribution in [1.29, 1.82) is 0 Å². The summed E-state index contributed by atoms with van der Waals surface area (Å²) < 4.78 is 4.72. The number of amides is 1. The average Bonchev–Trinajstić information content (AvgIpc) is 2.57. The largest absolute Gasteiger partial charge is 0.375 e. The van der Waals surface area contributed by atoms with E-state index in [1.807, 2.05) is 0 Å². The Kier molecular flexibility index (Phi) is 3.45. The maximum absolute atomic E-state index is 11.2. The van der Waals surface area contributed by atoms with Crippen LogP contribution in [0.4, 0.5) is 0 Å². The van der Waals surface area contributed by atoms with E-state index in [0.717, 1.165) is 5.82 Å². The summed E-state index contributed by atoms with van der Waals surface area (Å²) in [6.45, 7) is 0.590. The van der Waals surface area contributed by atoms with Crippen molar-refractivity contribution in [3.05, 3.63) is 18.2 Å². The van der Waals surface area contributed by atoms with E-state index >= 15 is 0 Å². The van der Waals surface area contributed by atoms with Gasteiger partial charge in [0, 0.05) is 26.6 Å². The Balaban J connectivity index is 2.41. The van der Waals surface area contributed by atoms with E-state index in [2.05, 4.69) is 9.97 Å². The first-order valence-corrected chi connectivity index (χ1v) is 3.95. The van der Waals surface area contributed by atoms with Crippen LogP contribution in [-0.4, -0.2) is 41.5 Å². The third-order valence-corrected chi connectivity index (χ3v) is 1.64. The van der Waals surface area contributed by atoms with Gasteiger partial charge in [-0.2, -0.15) is 0 Å². The summed E-state index contributed by atoms with van der Waals surface area (Å²) in [4.78, 5) is 19.7. The number of carbonyl (C=O) groups excluding carboxylic acids is 1. The minimum atomic E-state index is -0.0566. The SMILES string of the molecule is COCC(=O)N(C)Cc1ncc[nH]1. The van der Waals surface area contributed by atoms with Crippen molar-refractivity contribution in [2.45, 2.75) is 6.54 Å². The monoisotopic (exact) mass is 183 g/mol. The molecule has 0 aromatic carbocycles. The Morgan fingerprint density at radius 2 is 2.54 bits per heavy atom. The van der Waals surface area contributed by atoms with Gasteiger partial charge in [-0.25, -0.2) is 4.98 Å². The number of ether oxygens (including phenoxy) is 1. The predicted octanol–water partition coefficient (Wildman–Crippen LogP) is 0.0145. The van der Waals surface area contributed by atoms with Crippen LogP contribution in [0.2, 0.25) is 0 Å². The lowest BCUT2D eigenvalue weighted by Crippen LogP contribution is -2.29. The van der Waals surface area contributed by atoms with Crippen molar-refractivity contribution in [2.24, 2.45) is 0 Å². The van der Waals surface area contributed by atoms with Crippen LogP contribution in [0.1, 0.15) is 5.82 Å². The van der Waals surface area contributed by atoms with Crippen LogP contribution in [-0.2, 0) is 16.1 Å². The lowest BCUT2D eigenvalue weighted by atomic mass is 10.5. The number of hydrogen-bond donors (Lipinski definition) is 1. The highest BCUT2D eigenvalue weighted by Crippen LogP contribution is 1.95. The van der Waals surface area contributed by atoms with Gasteiger partial charge in [0.15, 0.2) is 0 Å². The summed E-state index contributed by atoms with van der Waals surface area (Å²) in [5.41, 5.74) is 0. The molecule has 1 amide bonds. The molecule has 0 bridgehead atoms. The topological polar surface area (TPSA) is 58.2 Å². The Morgan fingerprint density at radius 3 is 3.08 bits per heavy atom. The third kappa shape index (κ3) is 2.87. The van der Waals surface area contributed by atoms with E-state index in [0.29, 0.717) is 6.54 Å². The average molecular weight is 183 g/mol. The van der Waals surface area contributed by atoms with Gasteiger partial charge in [-0.15, -0.1) is 0 Å². The molecule has 1 rings (SSSR count). The smallest absolute Gasteiger partial charge is 0.248 e. The quantitative estimate of drug-likeness (QED) is 0.715. The van der Waals surface area contributed by atoms with Crippen molar-refractivity contribution >= 4 is 5.91 Å². The second kappa shape index (κ2) is 4.61. The van der Waals surface area contributed by atoms with Gasteiger partial charge in [-0.1, -0.05) is 0 Å². The van der Waals surface area contributed by atoms with Gasteiger partial charge >= 0.3 is 0 Å². The second-order valence-corrected chi connectivity index (χ2v) is 2.72. The number of aromatic nitrogens is 2. The molecule has 13 heavy (non-hydrogen) atoms. The molecule has 0 radical (unpaired) electrons. The number of H-pyrrole nitrogens is 1. The number of aromatic amines is 1. The molecule has 0 atom stereocenters. The van der Waals surface area contributed by atoms with Crippen LogP contribution >= 0.6 is 0 Å². The lowest BCUT2D eigenvalue weighted by Gasteiger charge is -2.14. The molecular formula is C8H13N3O2. The van der Waals surface area contributed by atoms with Gasteiger partial charge in [0.2, 0.25) is 5.91 Å². The first kappa shape index (κ1) is 9.73. The van der Waals surface area contributed by atoms with Crippen LogP contribution in [0.25, 0.3) is 0 Å². The molecule has 0 saturated carbocycles. The zero-order valence-corrected chi connectivity index (χ0v) is 7.78. The predicted molar refractivity (Wildman–Crippen MR) is 46.9 cm³/mol. The van der Waals surface area contributed by atoms with Gasteiger partial charge < -0.3 is 14.6 Å². The van der Waals surface area contributed by atoms with Crippen molar-refractivity contribution in [1.82, 2.24) is 14.9 Å². The Morgan fingerprint density at radius 1 is 1.77 bits per heavy atom. The molecule has 0 saturated heterocycles.